The van der Waals surface area contributed by atoms with Crippen molar-refractivity contribution in [3.63, 3.8) is 0 Å². The van der Waals surface area contributed by atoms with Gasteiger partial charge in [0.05, 0.1) is 17.7 Å². The first-order chi connectivity index (χ1) is 9.12. The van der Waals surface area contributed by atoms with Gasteiger partial charge in [-0.25, -0.2) is 5.43 Å². The minimum Gasteiger partial charge on any atom is -0.396 e. The van der Waals surface area contributed by atoms with Crippen molar-refractivity contribution in [1.82, 2.24) is 5.43 Å². The lowest BCUT2D eigenvalue weighted by molar-refractivity contribution is 0.0151. The number of anilines is 1. The molecule has 3 N–H and O–H groups in total. The summed E-state index contributed by atoms with van der Waals surface area (Å²) in [7, 11) is 0. The van der Waals surface area contributed by atoms with Crippen LogP contribution in [0.2, 0.25) is 0 Å². The number of hydrogen-bond donors (Lipinski definition) is 3. The van der Waals surface area contributed by atoms with Crippen LogP contribution in [0, 0.1) is 5.41 Å². The number of aliphatic hydroxyl groups is 2. The van der Waals surface area contributed by atoms with E-state index in [2.05, 4.69) is 29.7 Å². The van der Waals surface area contributed by atoms with Gasteiger partial charge in [-0.3, -0.25) is 0 Å². The van der Waals surface area contributed by atoms with Crippen LogP contribution >= 0.6 is 0 Å². The zero-order chi connectivity index (χ0) is 13.5. The van der Waals surface area contributed by atoms with Crippen LogP contribution in [-0.4, -0.2) is 29.6 Å². The Bertz CT molecular complexity index is 601. The van der Waals surface area contributed by atoms with Crippen molar-refractivity contribution in [2.45, 2.75) is 13.2 Å². The molecule has 4 heteroatoms. The van der Waals surface area contributed by atoms with Crippen molar-refractivity contribution in [2.24, 2.45) is 5.41 Å². The summed E-state index contributed by atoms with van der Waals surface area (Å²) in [5, 5.41) is 23.6. The first kappa shape index (κ1) is 12.4. The Hall–Kier alpha value is -1.62. The summed E-state index contributed by atoms with van der Waals surface area (Å²) in [6.07, 6.45) is -0.732. The van der Waals surface area contributed by atoms with E-state index in [-0.39, 0.29) is 6.61 Å². The van der Waals surface area contributed by atoms with Gasteiger partial charge in [-0.1, -0.05) is 37.3 Å². The van der Waals surface area contributed by atoms with Crippen LogP contribution in [0.4, 0.5) is 5.69 Å². The van der Waals surface area contributed by atoms with Crippen LogP contribution in [0.5, 0.6) is 0 Å². The Morgan fingerprint density at radius 1 is 1.26 bits per heavy atom. The molecular weight excluding hydrogens is 240 g/mol. The van der Waals surface area contributed by atoms with Gasteiger partial charge in [-0.2, -0.15) is 0 Å². The molecule has 19 heavy (non-hydrogen) atoms. The van der Waals surface area contributed by atoms with E-state index in [0.717, 1.165) is 11.1 Å². The molecule has 2 aromatic carbocycles. The first-order valence-corrected chi connectivity index (χ1v) is 6.44. The van der Waals surface area contributed by atoms with Gasteiger partial charge in [0.2, 0.25) is 0 Å². The lowest BCUT2D eigenvalue weighted by atomic mass is 9.91. The third-order valence-electron chi connectivity index (χ3n) is 3.86. The van der Waals surface area contributed by atoms with Gasteiger partial charge in [0.1, 0.15) is 6.23 Å². The van der Waals surface area contributed by atoms with Crippen molar-refractivity contribution in [3.8, 4) is 0 Å². The number of aliphatic hydroxyl groups excluding tert-OH is 2. The van der Waals surface area contributed by atoms with Crippen LogP contribution in [0.1, 0.15) is 6.92 Å². The molecule has 100 valence electrons. The zero-order valence-corrected chi connectivity index (χ0v) is 10.9. The van der Waals surface area contributed by atoms with E-state index in [4.69, 9.17) is 0 Å². The molecule has 0 aromatic heterocycles. The van der Waals surface area contributed by atoms with E-state index in [1.54, 1.807) is 0 Å². The fourth-order valence-corrected chi connectivity index (χ4v) is 2.44. The van der Waals surface area contributed by atoms with Crippen molar-refractivity contribution in [1.29, 1.82) is 0 Å². The van der Waals surface area contributed by atoms with Gasteiger partial charge in [0, 0.05) is 6.54 Å². The largest absolute Gasteiger partial charge is 0.396 e. The predicted octanol–water partition coefficient (Wildman–Crippen LogP) is 1.48. The second-order valence-corrected chi connectivity index (χ2v) is 5.46. The third kappa shape index (κ3) is 2.08. The van der Waals surface area contributed by atoms with Gasteiger partial charge in [-0.05, 0) is 22.9 Å². The molecule has 1 aliphatic rings. The highest BCUT2D eigenvalue weighted by Crippen LogP contribution is 2.31. The van der Waals surface area contributed by atoms with E-state index in [0.29, 0.717) is 6.54 Å². The molecule has 0 spiro atoms. The van der Waals surface area contributed by atoms with E-state index in [1.165, 1.54) is 5.39 Å². The summed E-state index contributed by atoms with van der Waals surface area (Å²) in [6.45, 7) is 2.39. The highest BCUT2D eigenvalue weighted by Gasteiger charge is 2.41. The summed E-state index contributed by atoms with van der Waals surface area (Å²) >= 11 is 0. The highest BCUT2D eigenvalue weighted by atomic mass is 16.3. The summed E-state index contributed by atoms with van der Waals surface area (Å²) in [5.74, 6) is 0. The van der Waals surface area contributed by atoms with Gasteiger partial charge in [0.25, 0.3) is 0 Å². The second-order valence-electron chi connectivity index (χ2n) is 5.46. The number of fused-ring (bicyclic) bond motifs is 1. The molecule has 3 rings (SSSR count). The molecule has 2 atom stereocenters. The second kappa shape index (κ2) is 4.49. The predicted molar refractivity (Wildman–Crippen MR) is 75.6 cm³/mol. The number of hydrazine groups is 1. The van der Waals surface area contributed by atoms with Crippen LogP contribution in [-0.2, 0) is 0 Å². The summed E-state index contributed by atoms with van der Waals surface area (Å²) < 4.78 is 0. The standard InChI is InChI=1S/C15H18N2O2/c1-15(10-18)9-17(16-14(15)19)13-7-6-11-4-2-3-5-12(11)8-13/h2-8,14,16,18-19H,9-10H2,1H3. The van der Waals surface area contributed by atoms with Gasteiger partial charge >= 0.3 is 0 Å². The Labute approximate surface area is 112 Å². The molecule has 1 heterocycles. The number of rotatable bonds is 2. The molecule has 1 aliphatic heterocycles. The molecule has 4 nitrogen and oxygen atoms in total. The maximum absolute atomic E-state index is 9.98. The Morgan fingerprint density at radius 2 is 2.00 bits per heavy atom. The highest BCUT2D eigenvalue weighted by molar-refractivity contribution is 5.85. The van der Waals surface area contributed by atoms with Crippen LogP contribution in [0.25, 0.3) is 10.8 Å². The monoisotopic (exact) mass is 258 g/mol. The smallest absolute Gasteiger partial charge is 0.130 e. The maximum Gasteiger partial charge on any atom is 0.130 e. The molecular formula is C15H18N2O2. The van der Waals surface area contributed by atoms with E-state index in [9.17, 15) is 10.2 Å². The fourth-order valence-electron chi connectivity index (χ4n) is 2.44. The van der Waals surface area contributed by atoms with E-state index >= 15 is 0 Å². The zero-order valence-electron chi connectivity index (χ0n) is 10.9. The molecule has 1 fully saturated rings. The minimum atomic E-state index is -0.732. The van der Waals surface area contributed by atoms with Crippen molar-refractivity contribution < 1.29 is 10.2 Å². The normalized spacial score (nSPS) is 27.1. The molecule has 0 amide bonds. The average molecular weight is 258 g/mol. The first-order valence-electron chi connectivity index (χ1n) is 6.44. The van der Waals surface area contributed by atoms with Crippen molar-refractivity contribution in [2.75, 3.05) is 18.2 Å². The molecule has 2 aromatic rings. The van der Waals surface area contributed by atoms with E-state index in [1.807, 2.05) is 30.1 Å². The minimum absolute atomic E-state index is 0.0503. The molecule has 1 saturated heterocycles. The summed E-state index contributed by atoms with van der Waals surface area (Å²) in [5.41, 5.74) is 3.46. The van der Waals surface area contributed by atoms with Crippen molar-refractivity contribution >= 4 is 16.5 Å². The summed E-state index contributed by atoms with van der Waals surface area (Å²) in [4.78, 5) is 0. The SMILES string of the molecule is CC1(CO)CN(c2ccc3ccccc3c2)NC1O. The number of nitrogens with one attached hydrogen (secondary N) is 1. The van der Waals surface area contributed by atoms with Gasteiger partial charge in [-0.15, -0.1) is 0 Å². The lowest BCUT2D eigenvalue weighted by Gasteiger charge is -2.22. The quantitative estimate of drug-likeness (QED) is 0.764. The summed E-state index contributed by atoms with van der Waals surface area (Å²) in [6, 6.07) is 14.3. The van der Waals surface area contributed by atoms with Crippen LogP contribution in [0.15, 0.2) is 42.5 Å². The van der Waals surface area contributed by atoms with Crippen LogP contribution in [0.3, 0.4) is 0 Å². The molecule has 0 bridgehead atoms. The Balaban J connectivity index is 1.93. The van der Waals surface area contributed by atoms with E-state index < -0.39 is 11.6 Å². The molecule has 0 saturated carbocycles. The van der Waals surface area contributed by atoms with Gasteiger partial charge in [0.15, 0.2) is 0 Å². The fraction of sp³-hybridized carbons (Fsp3) is 0.333. The van der Waals surface area contributed by atoms with Crippen molar-refractivity contribution in [3.05, 3.63) is 42.5 Å². The maximum atomic E-state index is 9.98. The van der Waals surface area contributed by atoms with Crippen LogP contribution < -0.4 is 10.4 Å². The molecule has 2 unspecified atom stereocenters. The van der Waals surface area contributed by atoms with Gasteiger partial charge < -0.3 is 15.2 Å². The number of nitrogens with zero attached hydrogens (tertiary/aromatic N) is 1. The molecule has 0 radical (unpaired) electrons. The number of benzene rings is 2. The lowest BCUT2D eigenvalue weighted by Crippen LogP contribution is -2.39. The Morgan fingerprint density at radius 3 is 2.68 bits per heavy atom. The molecule has 0 aliphatic carbocycles. The average Bonchev–Trinajstić information content (AvgIpc) is 2.75. The third-order valence-corrected chi connectivity index (χ3v) is 3.86. The topological polar surface area (TPSA) is 55.7 Å². The number of hydrogen-bond acceptors (Lipinski definition) is 4. The Kier molecular flexibility index (Phi) is 2.93.